The number of benzene rings is 1. The number of hydrogen-bond donors (Lipinski definition) is 0. The Labute approximate surface area is 203 Å². The number of carbonyl (C=O) groups is 1. The molecule has 0 radical (unpaired) electrons. The zero-order valence-corrected chi connectivity index (χ0v) is 19.6. The molecule has 12 heteroatoms. The molecule has 1 amide bonds. The molecule has 5 nitrogen and oxygen atoms in total. The number of hydrogen-bond acceptors (Lipinski definition) is 3. The van der Waals surface area contributed by atoms with Crippen LogP contribution in [0.25, 0.3) is 0 Å². The van der Waals surface area contributed by atoms with E-state index in [9.17, 15) is 31.1 Å². The SMILES string of the molecule is CN1CCn2c(C(F)(F)F)cc(Cl)c2C12CCN(C(=O)c1ccc(COCC(F)(F)F)cc1)CC2. The average Bonchev–Trinajstić information content (AvgIpc) is 3.14. The third-order valence-electron chi connectivity index (χ3n) is 6.78. The number of aromatic nitrogens is 1. The van der Waals surface area contributed by atoms with Gasteiger partial charge in [0.1, 0.15) is 12.3 Å². The first-order valence-corrected chi connectivity index (χ1v) is 11.4. The maximum absolute atomic E-state index is 13.5. The molecule has 2 aliphatic rings. The quantitative estimate of drug-likeness (QED) is 0.509. The van der Waals surface area contributed by atoms with Gasteiger partial charge in [-0.2, -0.15) is 26.3 Å². The summed E-state index contributed by atoms with van der Waals surface area (Å²) in [4.78, 5) is 16.7. The van der Waals surface area contributed by atoms with E-state index in [1.54, 1.807) is 4.90 Å². The van der Waals surface area contributed by atoms with E-state index in [0.717, 1.165) is 6.07 Å². The second kappa shape index (κ2) is 9.33. The molecule has 1 aromatic heterocycles. The van der Waals surface area contributed by atoms with Crippen molar-refractivity contribution in [2.24, 2.45) is 0 Å². The van der Waals surface area contributed by atoms with E-state index < -0.39 is 30.2 Å². The number of carbonyl (C=O) groups excluding carboxylic acids is 1. The van der Waals surface area contributed by atoms with Crippen molar-refractivity contribution >= 4 is 17.5 Å². The van der Waals surface area contributed by atoms with E-state index in [2.05, 4.69) is 4.74 Å². The van der Waals surface area contributed by atoms with E-state index in [-0.39, 0.29) is 24.1 Å². The topological polar surface area (TPSA) is 37.7 Å². The van der Waals surface area contributed by atoms with Gasteiger partial charge in [0.05, 0.1) is 22.9 Å². The number of fused-ring (bicyclic) bond motifs is 2. The zero-order chi connectivity index (χ0) is 25.6. The van der Waals surface area contributed by atoms with E-state index in [0.29, 0.717) is 49.3 Å². The third kappa shape index (κ3) is 5.17. The molecule has 2 aromatic rings. The highest BCUT2D eigenvalue weighted by atomic mass is 35.5. The van der Waals surface area contributed by atoms with Gasteiger partial charge in [0, 0.05) is 31.7 Å². The van der Waals surface area contributed by atoms with Gasteiger partial charge in [-0.25, -0.2) is 0 Å². The van der Waals surface area contributed by atoms with Gasteiger partial charge < -0.3 is 14.2 Å². The number of rotatable bonds is 4. The zero-order valence-electron chi connectivity index (χ0n) is 18.8. The molecular formula is C23H24ClF6N3O2. The summed E-state index contributed by atoms with van der Waals surface area (Å²) < 4.78 is 83.2. The fourth-order valence-corrected chi connectivity index (χ4v) is 5.39. The molecular weight excluding hydrogens is 500 g/mol. The summed E-state index contributed by atoms with van der Waals surface area (Å²) in [6.45, 7) is -0.336. The predicted octanol–water partition coefficient (Wildman–Crippen LogP) is 5.32. The van der Waals surface area contributed by atoms with Crippen LogP contribution >= 0.6 is 11.6 Å². The van der Waals surface area contributed by atoms with Crippen LogP contribution in [0.2, 0.25) is 5.02 Å². The number of likely N-dealkylation sites (tertiary alicyclic amines) is 1. The smallest absolute Gasteiger partial charge is 0.367 e. The maximum Gasteiger partial charge on any atom is 0.431 e. The summed E-state index contributed by atoms with van der Waals surface area (Å²) in [7, 11) is 1.86. The summed E-state index contributed by atoms with van der Waals surface area (Å²) in [5, 5.41) is 0.0759. The highest BCUT2D eigenvalue weighted by Gasteiger charge is 2.49. The third-order valence-corrected chi connectivity index (χ3v) is 7.07. The minimum absolute atomic E-state index is 0.0759. The Bertz CT molecular complexity index is 1070. The first-order chi connectivity index (χ1) is 16.3. The van der Waals surface area contributed by atoms with Gasteiger partial charge in [-0.1, -0.05) is 23.7 Å². The lowest BCUT2D eigenvalue weighted by Gasteiger charge is -2.50. The van der Waals surface area contributed by atoms with Crippen LogP contribution in [-0.4, -0.2) is 59.7 Å². The lowest BCUT2D eigenvalue weighted by atomic mass is 9.81. The van der Waals surface area contributed by atoms with E-state index in [1.165, 1.54) is 28.8 Å². The van der Waals surface area contributed by atoms with Gasteiger partial charge in [-0.15, -0.1) is 0 Å². The minimum atomic E-state index is -4.51. The van der Waals surface area contributed by atoms with Gasteiger partial charge in [0.15, 0.2) is 0 Å². The van der Waals surface area contributed by atoms with Crippen LogP contribution in [0, 0.1) is 0 Å². The van der Waals surface area contributed by atoms with Crippen LogP contribution in [0.5, 0.6) is 0 Å². The Hall–Kier alpha value is -2.24. The normalized spacial score (nSPS) is 18.7. The van der Waals surface area contributed by atoms with Crippen LogP contribution in [0.15, 0.2) is 30.3 Å². The molecule has 0 saturated carbocycles. The fraction of sp³-hybridized carbons (Fsp3) is 0.522. The van der Waals surface area contributed by atoms with Crippen LogP contribution in [0.3, 0.4) is 0 Å². The molecule has 1 aromatic carbocycles. The molecule has 1 spiro atoms. The first kappa shape index (κ1) is 25.8. The van der Waals surface area contributed by atoms with Crippen molar-refractivity contribution in [3.8, 4) is 0 Å². The second-order valence-electron chi connectivity index (χ2n) is 8.93. The van der Waals surface area contributed by atoms with Gasteiger partial charge in [-0.05, 0) is 43.7 Å². The summed E-state index contributed by atoms with van der Waals surface area (Å²) >= 11 is 6.33. The number of halogens is 7. The minimum Gasteiger partial charge on any atom is -0.367 e. The van der Waals surface area contributed by atoms with Crippen molar-refractivity contribution in [2.45, 2.75) is 43.9 Å². The lowest BCUT2D eigenvalue weighted by molar-refractivity contribution is -0.176. The highest BCUT2D eigenvalue weighted by Crippen LogP contribution is 2.47. The largest absolute Gasteiger partial charge is 0.431 e. The fourth-order valence-electron chi connectivity index (χ4n) is 5.01. The predicted molar refractivity (Wildman–Crippen MR) is 116 cm³/mol. The Morgan fingerprint density at radius 2 is 1.66 bits per heavy atom. The van der Waals surface area contributed by atoms with Crippen LogP contribution < -0.4 is 0 Å². The van der Waals surface area contributed by atoms with Crippen LogP contribution in [0.4, 0.5) is 26.3 Å². The van der Waals surface area contributed by atoms with Crippen molar-refractivity contribution in [1.29, 1.82) is 0 Å². The van der Waals surface area contributed by atoms with Crippen molar-refractivity contribution in [1.82, 2.24) is 14.4 Å². The number of ether oxygens (including phenoxy) is 1. The Balaban J connectivity index is 1.45. The molecule has 35 heavy (non-hydrogen) atoms. The van der Waals surface area contributed by atoms with Crippen LogP contribution in [-0.2, 0) is 29.6 Å². The van der Waals surface area contributed by atoms with Crippen molar-refractivity contribution in [3.05, 3.63) is 57.9 Å². The Kier molecular flexibility index (Phi) is 6.89. The molecule has 1 fully saturated rings. The molecule has 0 bridgehead atoms. The lowest BCUT2D eigenvalue weighted by Crippen LogP contribution is -2.57. The van der Waals surface area contributed by atoms with Crippen molar-refractivity contribution < 1.29 is 35.9 Å². The Morgan fingerprint density at radius 3 is 2.23 bits per heavy atom. The summed E-state index contributed by atoms with van der Waals surface area (Å²) in [6, 6.07) is 7.12. The molecule has 192 valence electrons. The van der Waals surface area contributed by atoms with E-state index >= 15 is 0 Å². The van der Waals surface area contributed by atoms with Gasteiger partial charge in [-0.3, -0.25) is 9.69 Å². The van der Waals surface area contributed by atoms with Crippen LogP contribution in [0.1, 0.15) is 40.2 Å². The van der Waals surface area contributed by atoms with E-state index in [1.807, 2.05) is 11.9 Å². The molecule has 2 aliphatic heterocycles. The molecule has 0 unspecified atom stereocenters. The maximum atomic E-state index is 13.5. The van der Waals surface area contributed by atoms with Crippen molar-refractivity contribution in [2.75, 3.05) is 33.3 Å². The molecule has 0 atom stereocenters. The molecule has 0 aliphatic carbocycles. The summed E-state index contributed by atoms with van der Waals surface area (Å²) in [6.07, 6.45) is -8.09. The monoisotopic (exact) mass is 523 g/mol. The summed E-state index contributed by atoms with van der Waals surface area (Å²) in [5.74, 6) is -0.251. The number of amides is 1. The second-order valence-corrected chi connectivity index (χ2v) is 9.33. The number of piperidine rings is 1. The molecule has 1 saturated heterocycles. The average molecular weight is 524 g/mol. The van der Waals surface area contributed by atoms with Gasteiger partial charge in [0.25, 0.3) is 5.91 Å². The standard InChI is InChI=1S/C23H24ClF6N3O2/c1-31-10-11-33-18(23(28,29)30)12-17(24)19(33)21(31)6-8-32(9-7-21)20(34)16-4-2-15(3-5-16)13-35-14-22(25,26)27/h2-5,12H,6-11,13-14H2,1H3. The molecule has 0 N–H and O–H groups in total. The number of likely N-dealkylation sites (N-methyl/N-ethyl adjacent to an activating group) is 1. The van der Waals surface area contributed by atoms with E-state index in [4.69, 9.17) is 11.6 Å². The molecule has 4 rings (SSSR count). The summed E-state index contributed by atoms with van der Waals surface area (Å²) in [5.41, 5.74) is -0.158. The van der Waals surface area contributed by atoms with Gasteiger partial charge >= 0.3 is 12.4 Å². The highest BCUT2D eigenvalue weighted by molar-refractivity contribution is 6.31. The number of nitrogens with zero attached hydrogens (tertiary/aromatic N) is 3. The van der Waals surface area contributed by atoms with Gasteiger partial charge in [0.2, 0.25) is 0 Å². The number of alkyl halides is 6. The Morgan fingerprint density at radius 1 is 1.03 bits per heavy atom. The van der Waals surface area contributed by atoms with Crippen molar-refractivity contribution in [3.63, 3.8) is 0 Å². The molecule has 3 heterocycles. The first-order valence-electron chi connectivity index (χ1n) is 11.0.